The maximum atomic E-state index is 15.1. The number of amides is 2. The van der Waals surface area contributed by atoms with Crippen LogP contribution in [-0.2, 0) is 35.0 Å². The zero-order chi connectivity index (χ0) is 43.2. The third-order valence-electron chi connectivity index (χ3n) is 15.1. The Morgan fingerprint density at radius 3 is 2.58 bits per heavy atom. The zero-order valence-corrected chi connectivity index (χ0v) is 37.8. The van der Waals surface area contributed by atoms with Crippen molar-refractivity contribution in [1.82, 2.24) is 40.1 Å². The van der Waals surface area contributed by atoms with Crippen LogP contribution in [0, 0.1) is 23.2 Å². The highest BCUT2D eigenvalue weighted by Gasteiger charge is 2.57. The third-order valence-corrected chi connectivity index (χ3v) is 16.0. The van der Waals surface area contributed by atoms with E-state index in [0.717, 1.165) is 75.7 Å². The van der Waals surface area contributed by atoms with Crippen LogP contribution in [0.5, 0.6) is 0 Å². The molecule has 10 rings (SSSR count). The lowest BCUT2D eigenvalue weighted by atomic mass is 9.76. The van der Waals surface area contributed by atoms with Gasteiger partial charge in [-0.1, -0.05) is 33.8 Å². The SMILES string of the molecule is CO[C@@H](C)c1ncccc1-c1c2c3cc(ccc3n1C1COC1)-c1csc(n1)[C@@H](N1CC3(CCN3C)C1)[C@H](NC(=O)C1[C@@H](C)[C@H]1C)C(=O)N1CCC[C@H](N1)C(=O)OCC(C)(C)C2. The first kappa shape index (κ1) is 41.7. The lowest BCUT2D eigenvalue weighted by Gasteiger charge is -2.63. The fourth-order valence-corrected chi connectivity index (χ4v) is 11.7. The first-order chi connectivity index (χ1) is 29.8. The Bertz CT molecular complexity index is 2400. The van der Waals surface area contributed by atoms with Gasteiger partial charge in [0.25, 0.3) is 5.91 Å². The quantitative estimate of drug-likeness (QED) is 0.226. The highest BCUT2D eigenvalue weighted by Crippen LogP contribution is 2.48. The van der Waals surface area contributed by atoms with Gasteiger partial charge in [0.2, 0.25) is 5.91 Å². The highest BCUT2D eigenvalue weighted by atomic mass is 32.1. The number of ether oxygens (including phenoxy) is 3. The molecule has 6 bridgehead atoms. The number of nitrogens with one attached hydrogen (secondary N) is 2. The van der Waals surface area contributed by atoms with E-state index in [2.05, 4.69) is 89.5 Å². The average Bonchev–Trinajstić information content (AvgIpc) is 3.50. The molecule has 8 heterocycles. The summed E-state index contributed by atoms with van der Waals surface area (Å²) in [7, 11) is 3.87. The molecule has 1 spiro atoms. The molecule has 6 aliphatic rings. The summed E-state index contributed by atoms with van der Waals surface area (Å²) in [6.07, 6.45) is 4.40. The van der Waals surface area contributed by atoms with Crippen LogP contribution in [0.3, 0.4) is 0 Å². The molecular formula is C47H60N8O6S. The molecule has 1 unspecified atom stereocenters. The van der Waals surface area contributed by atoms with Crippen molar-refractivity contribution in [2.24, 2.45) is 23.2 Å². The fourth-order valence-electron chi connectivity index (χ4n) is 10.7. The van der Waals surface area contributed by atoms with E-state index in [-0.39, 0.29) is 53.9 Å². The Morgan fingerprint density at radius 1 is 1.11 bits per heavy atom. The summed E-state index contributed by atoms with van der Waals surface area (Å²) >= 11 is 1.54. The molecular weight excluding hydrogens is 805 g/mol. The molecule has 0 radical (unpaired) electrons. The van der Waals surface area contributed by atoms with Crippen molar-refractivity contribution < 1.29 is 28.6 Å². The number of fused-ring (bicyclic) bond motifs is 6. The van der Waals surface area contributed by atoms with Crippen LogP contribution in [0.4, 0.5) is 0 Å². The van der Waals surface area contributed by atoms with Crippen molar-refractivity contribution in [3.05, 3.63) is 58.2 Å². The average molecular weight is 865 g/mol. The minimum Gasteiger partial charge on any atom is -0.464 e. The minimum absolute atomic E-state index is 0.0577. The molecule has 15 heteroatoms. The number of methoxy groups -OCH3 is 1. The van der Waals surface area contributed by atoms with Gasteiger partial charge in [0, 0.05) is 83.8 Å². The monoisotopic (exact) mass is 864 g/mol. The molecule has 1 aromatic carbocycles. The molecule has 1 saturated carbocycles. The van der Waals surface area contributed by atoms with E-state index in [4.69, 9.17) is 24.2 Å². The largest absolute Gasteiger partial charge is 0.464 e. The van der Waals surface area contributed by atoms with Gasteiger partial charge >= 0.3 is 5.97 Å². The molecule has 3 aromatic heterocycles. The van der Waals surface area contributed by atoms with Gasteiger partial charge in [0.15, 0.2) is 0 Å². The molecule has 14 nitrogen and oxygen atoms in total. The van der Waals surface area contributed by atoms with E-state index < -0.39 is 29.5 Å². The Hall–Kier alpha value is -4.25. The van der Waals surface area contributed by atoms with Crippen LogP contribution in [0.25, 0.3) is 33.4 Å². The summed E-state index contributed by atoms with van der Waals surface area (Å²) in [6.45, 7) is 14.8. The molecule has 62 heavy (non-hydrogen) atoms. The molecule has 4 aromatic rings. The number of esters is 1. The zero-order valence-electron chi connectivity index (χ0n) is 37.0. The van der Waals surface area contributed by atoms with Crippen molar-refractivity contribution in [2.45, 2.75) is 96.1 Å². The van der Waals surface area contributed by atoms with Gasteiger partial charge in [-0.3, -0.25) is 34.2 Å². The fraction of sp³-hybridized carbons (Fsp3) is 0.596. The van der Waals surface area contributed by atoms with Crippen LogP contribution >= 0.6 is 11.3 Å². The molecule has 5 fully saturated rings. The van der Waals surface area contributed by atoms with E-state index in [1.165, 1.54) is 11.3 Å². The summed E-state index contributed by atoms with van der Waals surface area (Å²) < 4.78 is 20.3. The lowest BCUT2D eigenvalue weighted by Crippen LogP contribution is -2.77. The van der Waals surface area contributed by atoms with Gasteiger partial charge in [-0.2, -0.15) is 0 Å². The molecule has 1 aliphatic carbocycles. The normalized spacial score (nSPS) is 29.3. The molecule has 7 atom stereocenters. The summed E-state index contributed by atoms with van der Waals surface area (Å²) in [5, 5.41) is 8.82. The summed E-state index contributed by atoms with van der Waals surface area (Å²) in [4.78, 5) is 58.2. The maximum Gasteiger partial charge on any atom is 0.324 e. The van der Waals surface area contributed by atoms with Gasteiger partial charge in [-0.15, -0.1) is 11.3 Å². The smallest absolute Gasteiger partial charge is 0.324 e. The number of hydrogen-bond acceptors (Lipinski definition) is 12. The number of aromatic nitrogens is 3. The Morgan fingerprint density at radius 2 is 1.90 bits per heavy atom. The van der Waals surface area contributed by atoms with Crippen LogP contribution in [0.2, 0.25) is 0 Å². The number of likely N-dealkylation sites (tertiary alicyclic amines) is 2. The first-order valence-electron chi connectivity index (χ1n) is 22.5. The second-order valence-electron chi connectivity index (χ2n) is 19.7. The van der Waals surface area contributed by atoms with Gasteiger partial charge in [-0.05, 0) is 81.3 Å². The highest BCUT2D eigenvalue weighted by molar-refractivity contribution is 7.10. The van der Waals surface area contributed by atoms with E-state index in [1.807, 2.05) is 19.2 Å². The predicted molar refractivity (Wildman–Crippen MR) is 236 cm³/mol. The number of thiazole rings is 1. The van der Waals surface area contributed by atoms with Crippen LogP contribution in [-0.4, -0.2) is 125 Å². The number of nitrogens with zero attached hydrogens (tertiary/aromatic N) is 6. The van der Waals surface area contributed by atoms with Crippen LogP contribution < -0.4 is 10.7 Å². The van der Waals surface area contributed by atoms with Crippen molar-refractivity contribution in [2.75, 3.05) is 60.2 Å². The number of benzene rings is 1. The molecule has 2 amide bonds. The van der Waals surface area contributed by atoms with E-state index in [0.29, 0.717) is 39.0 Å². The third kappa shape index (κ3) is 7.07. The van der Waals surface area contributed by atoms with Gasteiger partial charge in [-0.25, -0.2) is 10.4 Å². The topological polar surface area (TPSA) is 143 Å². The second-order valence-corrected chi connectivity index (χ2v) is 20.6. The van der Waals surface area contributed by atoms with Crippen LogP contribution in [0.1, 0.15) is 88.3 Å². The predicted octanol–water partition coefficient (Wildman–Crippen LogP) is 5.54. The lowest BCUT2D eigenvalue weighted by molar-refractivity contribution is -0.159. The molecule has 330 valence electrons. The van der Waals surface area contributed by atoms with Crippen molar-refractivity contribution >= 4 is 40.0 Å². The molecule has 5 aliphatic heterocycles. The van der Waals surface area contributed by atoms with Crippen LogP contribution in [0.15, 0.2) is 41.9 Å². The molecule has 4 saturated heterocycles. The number of hydrazine groups is 1. The number of hydrogen-bond donors (Lipinski definition) is 2. The van der Waals surface area contributed by atoms with E-state index >= 15 is 4.79 Å². The Labute approximate surface area is 367 Å². The Kier molecular flexibility index (Phi) is 10.6. The number of carbonyl (C=O) groups excluding carboxylic acids is 3. The number of pyridine rings is 1. The summed E-state index contributed by atoms with van der Waals surface area (Å²) in [5.41, 5.74) is 9.77. The summed E-state index contributed by atoms with van der Waals surface area (Å²) in [5.74, 6) is -0.444. The van der Waals surface area contributed by atoms with Crippen molar-refractivity contribution in [1.29, 1.82) is 0 Å². The van der Waals surface area contributed by atoms with Gasteiger partial charge in [0.1, 0.15) is 17.1 Å². The first-order valence-corrected chi connectivity index (χ1v) is 23.3. The molecule has 2 N–H and O–H groups in total. The number of likely N-dealkylation sites (N-methyl/N-ethyl adjacent to an activating group) is 1. The van der Waals surface area contributed by atoms with Crippen molar-refractivity contribution in [3.63, 3.8) is 0 Å². The van der Waals surface area contributed by atoms with Gasteiger partial charge in [0.05, 0.1) is 55.1 Å². The Balaban J connectivity index is 1.14. The number of cyclic esters (lactones) is 1. The van der Waals surface area contributed by atoms with Crippen molar-refractivity contribution in [3.8, 4) is 22.5 Å². The summed E-state index contributed by atoms with van der Waals surface area (Å²) in [6, 6.07) is 8.67. The van der Waals surface area contributed by atoms with E-state index in [9.17, 15) is 9.59 Å². The van der Waals surface area contributed by atoms with E-state index in [1.54, 1.807) is 12.1 Å². The van der Waals surface area contributed by atoms with Gasteiger partial charge < -0.3 is 24.1 Å². The second kappa shape index (κ2) is 15.8. The maximum absolute atomic E-state index is 15.1. The minimum atomic E-state index is -0.928. The number of rotatable bonds is 7. The standard InChI is InChI=1S/C47H60N8O6S/c1-26-27(2)37(26)42(56)50-39-41(53-23-47(24-53)14-17-52(47)6)43-49-35(22-62-43)29-12-13-36-32(18-29)33(19-46(4,5)25-61-45(58)34-11-9-16-54(51-34)44(39)57)40(55(36)30-20-60-21-30)31-10-8-15-48-38(31)28(3)59-7/h8,10,12-13,15,18,22,26-28,30,34,37,39,41,51H,9,11,14,16-17,19-21,23-25H2,1-7H3,(H,50,56)/t26-,27+,28-,34-,37?,39-,41-/m0/s1. The number of carbonyl (C=O) groups is 3.